The molecule has 3 atom stereocenters. The third-order valence-corrected chi connectivity index (χ3v) is 5.81. The van der Waals surface area contributed by atoms with Crippen LogP contribution >= 0.6 is 12.4 Å². The molecule has 4 rings (SSSR count). The van der Waals surface area contributed by atoms with Crippen molar-refractivity contribution in [3.05, 3.63) is 48.3 Å². The van der Waals surface area contributed by atoms with Crippen LogP contribution in [0.15, 0.2) is 42.7 Å². The van der Waals surface area contributed by atoms with Gasteiger partial charge in [0.1, 0.15) is 17.4 Å². The topological polar surface area (TPSA) is 68.2 Å². The van der Waals surface area contributed by atoms with Crippen molar-refractivity contribution in [2.24, 2.45) is 0 Å². The summed E-state index contributed by atoms with van der Waals surface area (Å²) >= 11 is 0. The van der Waals surface area contributed by atoms with Gasteiger partial charge in [-0.05, 0) is 45.0 Å². The Labute approximate surface area is 166 Å². The molecule has 2 aliphatic rings. The molecule has 2 N–H and O–H groups in total. The maximum atomic E-state index is 13.3. The number of carbonyl (C=O) groups excluding carboxylic acids is 1. The minimum absolute atomic E-state index is 0. The second-order valence-corrected chi connectivity index (χ2v) is 7.40. The highest BCUT2D eigenvalue weighted by Crippen LogP contribution is 2.39. The molecule has 1 saturated heterocycles. The first-order valence-corrected chi connectivity index (χ1v) is 9.39. The molecule has 0 spiro atoms. The summed E-state index contributed by atoms with van der Waals surface area (Å²) in [6, 6.07) is 9.90. The number of carbonyl (C=O) groups is 1. The van der Waals surface area contributed by atoms with Gasteiger partial charge in [-0.1, -0.05) is 25.1 Å². The van der Waals surface area contributed by atoms with E-state index in [1.807, 2.05) is 42.1 Å². The Balaban J connectivity index is 0.00000210. The van der Waals surface area contributed by atoms with Gasteiger partial charge in [0.25, 0.3) is 0 Å². The predicted octanol–water partition coefficient (Wildman–Crippen LogP) is 2.45. The Morgan fingerprint density at radius 2 is 2.07 bits per heavy atom. The molecule has 1 aromatic carbocycles. The molecule has 2 aliphatic heterocycles. The first-order valence-electron chi connectivity index (χ1n) is 9.39. The first-order chi connectivity index (χ1) is 12.6. The molecule has 146 valence electrons. The van der Waals surface area contributed by atoms with E-state index in [1.54, 1.807) is 6.20 Å². The summed E-state index contributed by atoms with van der Waals surface area (Å²) in [5.41, 5.74) is 0.583. The maximum Gasteiger partial charge on any atom is 0.248 e. The van der Waals surface area contributed by atoms with Gasteiger partial charge in [-0.3, -0.25) is 9.48 Å². The van der Waals surface area contributed by atoms with Crippen LogP contribution in [-0.2, 0) is 10.3 Å². The smallest absolute Gasteiger partial charge is 0.248 e. The number of benzene rings is 1. The number of halogens is 1. The number of para-hydroxylation sites is 1. The Kier molecular flexibility index (Phi) is 5.77. The summed E-state index contributed by atoms with van der Waals surface area (Å²) in [5, 5.41) is 11.0. The Hall–Kier alpha value is -2.05. The lowest BCUT2D eigenvalue weighted by Gasteiger charge is -2.38. The van der Waals surface area contributed by atoms with Crippen LogP contribution in [0.3, 0.4) is 0 Å². The van der Waals surface area contributed by atoms with Crippen LogP contribution in [0.25, 0.3) is 0 Å². The summed E-state index contributed by atoms with van der Waals surface area (Å²) in [5.74, 6) is 1.20. The van der Waals surface area contributed by atoms with Crippen LogP contribution in [0.5, 0.6) is 5.75 Å². The van der Waals surface area contributed by atoms with E-state index in [0.29, 0.717) is 0 Å². The van der Waals surface area contributed by atoms with Crippen LogP contribution in [0.1, 0.15) is 38.2 Å². The van der Waals surface area contributed by atoms with Gasteiger partial charge in [0, 0.05) is 23.9 Å². The summed E-state index contributed by atoms with van der Waals surface area (Å²) in [4.78, 5) is 13.3. The van der Waals surface area contributed by atoms with Crippen LogP contribution in [0.4, 0.5) is 0 Å². The number of ether oxygens (including phenoxy) is 1. The van der Waals surface area contributed by atoms with Gasteiger partial charge in [-0.25, -0.2) is 0 Å². The molecule has 0 radical (unpaired) electrons. The molecule has 27 heavy (non-hydrogen) atoms. The number of nitrogens with zero attached hydrogens (tertiary/aromatic N) is 2. The van der Waals surface area contributed by atoms with E-state index in [9.17, 15) is 4.79 Å². The fourth-order valence-corrected chi connectivity index (χ4v) is 4.27. The third-order valence-electron chi connectivity index (χ3n) is 5.81. The van der Waals surface area contributed by atoms with E-state index >= 15 is 0 Å². The molecule has 7 heteroatoms. The number of piperidine rings is 1. The monoisotopic (exact) mass is 390 g/mol. The van der Waals surface area contributed by atoms with Crippen molar-refractivity contribution < 1.29 is 9.53 Å². The fraction of sp³-hybridized carbons (Fsp3) is 0.500. The van der Waals surface area contributed by atoms with Crippen molar-refractivity contribution in [1.82, 2.24) is 20.4 Å². The van der Waals surface area contributed by atoms with E-state index < -0.39 is 5.54 Å². The predicted molar refractivity (Wildman–Crippen MR) is 106 cm³/mol. The van der Waals surface area contributed by atoms with Gasteiger partial charge in [0.2, 0.25) is 5.91 Å². The van der Waals surface area contributed by atoms with E-state index in [4.69, 9.17) is 4.74 Å². The number of aromatic nitrogens is 2. The van der Waals surface area contributed by atoms with Crippen molar-refractivity contribution in [3.8, 4) is 5.75 Å². The van der Waals surface area contributed by atoms with E-state index in [-0.39, 0.29) is 36.4 Å². The maximum absolute atomic E-state index is 13.3. The SMILES string of the molecule is CC(NC(=O)C1(n2cccn2)CCNCC1)C1Oc2ccccc2C1C.Cl. The van der Waals surface area contributed by atoms with Gasteiger partial charge >= 0.3 is 0 Å². The van der Waals surface area contributed by atoms with Gasteiger partial charge in [0.15, 0.2) is 0 Å². The number of rotatable bonds is 4. The Bertz CT molecular complexity index is 774. The van der Waals surface area contributed by atoms with Crippen molar-refractivity contribution in [2.45, 2.75) is 50.3 Å². The van der Waals surface area contributed by atoms with E-state index in [2.05, 4.69) is 28.7 Å². The minimum atomic E-state index is -0.627. The molecule has 3 heterocycles. The highest BCUT2D eigenvalue weighted by molar-refractivity contribution is 5.85. The lowest BCUT2D eigenvalue weighted by molar-refractivity contribution is -0.133. The molecule has 3 unspecified atom stereocenters. The summed E-state index contributed by atoms with van der Waals surface area (Å²) in [6.45, 7) is 5.81. The fourth-order valence-electron chi connectivity index (χ4n) is 4.27. The normalized spacial score (nSPS) is 24.2. The Morgan fingerprint density at radius 1 is 1.33 bits per heavy atom. The zero-order valence-corrected chi connectivity index (χ0v) is 16.5. The average Bonchev–Trinajstić information content (AvgIpc) is 3.31. The van der Waals surface area contributed by atoms with Crippen LogP contribution in [0, 0.1) is 0 Å². The molecular weight excluding hydrogens is 364 g/mol. The van der Waals surface area contributed by atoms with Gasteiger partial charge in [0.05, 0.1) is 6.04 Å². The molecule has 1 aromatic heterocycles. The average molecular weight is 391 g/mol. The van der Waals surface area contributed by atoms with Crippen molar-refractivity contribution in [1.29, 1.82) is 0 Å². The first kappa shape index (κ1) is 19.7. The molecule has 2 aromatic rings. The molecule has 1 fully saturated rings. The summed E-state index contributed by atoms with van der Waals surface area (Å²) < 4.78 is 7.97. The van der Waals surface area contributed by atoms with E-state index in [1.165, 1.54) is 5.56 Å². The number of nitrogens with one attached hydrogen (secondary N) is 2. The zero-order valence-electron chi connectivity index (χ0n) is 15.7. The zero-order chi connectivity index (χ0) is 18.1. The molecular formula is C20H27ClN4O2. The molecule has 0 bridgehead atoms. The van der Waals surface area contributed by atoms with Gasteiger partial charge < -0.3 is 15.4 Å². The lowest BCUT2D eigenvalue weighted by Crippen LogP contribution is -2.58. The second kappa shape index (κ2) is 7.90. The standard InChI is InChI=1S/C20H26N4O2.ClH/c1-14-16-6-3-4-7-17(16)26-18(14)15(2)23-19(25)20(8-11-21-12-9-20)24-13-5-10-22-24;/h3-7,10,13-15,18,21H,8-9,11-12H2,1-2H3,(H,23,25);1H. The van der Waals surface area contributed by atoms with E-state index in [0.717, 1.165) is 31.7 Å². The quantitative estimate of drug-likeness (QED) is 0.841. The van der Waals surface area contributed by atoms with Crippen molar-refractivity contribution >= 4 is 18.3 Å². The largest absolute Gasteiger partial charge is 0.487 e. The third kappa shape index (κ3) is 3.44. The lowest BCUT2D eigenvalue weighted by atomic mass is 9.86. The number of amides is 1. The molecule has 1 amide bonds. The van der Waals surface area contributed by atoms with Crippen LogP contribution in [0.2, 0.25) is 0 Å². The number of hydrogen-bond acceptors (Lipinski definition) is 4. The summed E-state index contributed by atoms with van der Waals surface area (Å²) in [6.07, 6.45) is 5.02. The number of fused-ring (bicyclic) bond motifs is 1. The Morgan fingerprint density at radius 3 is 2.74 bits per heavy atom. The molecule has 0 saturated carbocycles. The minimum Gasteiger partial charge on any atom is -0.487 e. The van der Waals surface area contributed by atoms with Crippen molar-refractivity contribution in [3.63, 3.8) is 0 Å². The number of hydrogen-bond donors (Lipinski definition) is 2. The van der Waals surface area contributed by atoms with Crippen molar-refractivity contribution in [2.75, 3.05) is 13.1 Å². The highest BCUT2D eigenvalue weighted by atomic mass is 35.5. The summed E-state index contributed by atoms with van der Waals surface area (Å²) in [7, 11) is 0. The van der Waals surface area contributed by atoms with Crippen LogP contribution < -0.4 is 15.4 Å². The highest BCUT2D eigenvalue weighted by Gasteiger charge is 2.44. The molecule has 6 nitrogen and oxygen atoms in total. The van der Waals surface area contributed by atoms with Crippen LogP contribution in [-0.4, -0.2) is 40.9 Å². The van der Waals surface area contributed by atoms with Gasteiger partial charge in [-0.2, -0.15) is 5.10 Å². The van der Waals surface area contributed by atoms with Gasteiger partial charge in [-0.15, -0.1) is 12.4 Å². The molecule has 0 aliphatic carbocycles. The second-order valence-electron chi connectivity index (χ2n) is 7.40.